The van der Waals surface area contributed by atoms with Crippen molar-refractivity contribution in [3.8, 4) is 0 Å². The van der Waals surface area contributed by atoms with E-state index in [2.05, 4.69) is 16.0 Å². The summed E-state index contributed by atoms with van der Waals surface area (Å²) >= 11 is 1.40. The van der Waals surface area contributed by atoms with Gasteiger partial charge in [0.25, 0.3) is 0 Å². The molecular weight excluding hydrogens is 492 g/mol. The number of halogens is 2. The SMILES string of the molecule is CC(C)=CC(=O)N1CCC(NC(=O)Nc2ccc(F)cc2F)C1C(=O)NC(Cc1cccs1)C(N)=O. The van der Waals surface area contributed by atoms with Gasteiger partial charge in [-0.05, 0) is 43.8 Å². The Labute approximate surface area is 210 Å². The topological polar surface area (TPSA) is 134 Å². The van der Waals surface area contributed by atoms with Crippen molar-refractivity contribution >= 4 is 40.8 Å². The van der Waals surface area contributed by atoms with Gasteiger partial charge in [-0.15, -0.1) is 11.3 Å². The van der Waals surface area contributed by atoms with Gasteiger partial charge in [0.05, 0.1) is 11.7 Å². The molecule has 0 saturated carbocycles. The van der Waals surface area contributed by atoms with Crippen LogP contribution >= 0.6 is 11.3 Å². The molecule has 0 aliphatic carbocycles. The fraction of sp³-hybridized carbons (Fsp3) is 0.333. The summed E-state index contributed by atoms with van der Waals surface area (Å²) in [6, 6.07) is 2.41. The van der Waals surface area contributed by atoms with Gasteiger partial charge in [-0.3, -0.25) is 14.4 Å². The number of urea groups is 1. The molecule has 0 radical (unpaired) electrons. The van der Waals surface area contributed by atoms with Gasteiger partial charge in [0, 0.05) is 30.0 Å². The van der Waals surface area contributed by atoms with Crippen molar-refractivity contribution in [3.63, 3.8) is 0 Å². The Morgan fingerprint density at radius 1 is 1.22 bits per heavy atom. The van der Waals surface area contributed by atoms with Gasteiger partial charge in [-0.1, -0.05) is 11.6 Å². The van der Waals surface area contributed by atoms with Crippen molar-refractivity contribution in [2.75, 3.05) is 11.9 Å². The highest BCUT2D eigenvalue weighted by Crippen LogP contribution is 2.21. The maximum absolute atomic E-state index is 13.9. The molecule has 1 aliphatic heterocycles. The lowest BCUT2D eigenvalue weighted by Crippen LogP contribution is -2.58. The second kappa shape index (κ2) is 11.8. The van der Waals surface area contributed by atoms with Crippen LogP contribution in [-0.2, 0) is 20.8 Å². The predicted octanol–water partition coefficient (Wildman–Crippen LogP) is 2.30. The number of hydrogen-bond acceptors (Lipinski definition) is 5. The number of nitrogens with one attached hydrogen (secondary N) is 3. The van der Waals surface area contributed by atoms with E-state index in [4.69, 9.17) is 5.73 Å². The van der Waals surface area contributed by atoms with Gasteiger partial charge >= 0.3 is 6.03 Å². The third-order valence-corrected chi connectivity index (χ3v) is 6.40. The third kappa shape index (κ3) is 6.87. The second-order valence-electron chi connectivity index (χ2n) is 8.56. The quantitative estimate of drug-likeness (QED) is 0.398. The summed E-state index contributed by atoms with van der Waals surface area (Å²) in [6.45, 7) is 3.62. The molecule has 0 spiro atoms. The van der Waals surface area contributed by atoms with Crippen molar-refractivity contribution in [2.24, 2.45) is 5.73 Å². The van der Waals surface area contributed by atoms with Gasteiger partial charge in [-0.25, -0.2) is 13.6 Å². The highest BCUT2D eigenvalue weighted by Gasteiger charge is 2.43. The zero-order valence-corrected chi connectivity index (χ0v) is 20.5. The molecule has 5 N–H and O–H groups in total. The fourth-order valence-corrected chi connectivity index (χ4v) is 4.62. The molecule has 36 heavy (non-hydrogen) atoms. The average Bonchev–Trinajstić information content (AvgIpc) is 3.44. The van der Waals surface area contributed by atoms with Crippen LogP contribution in [0, 0.1) is 11.6 Å². The van der Waals surface area contributed by atoms with Gasteiger partial charge in [0.1, 0.15) is 23.7 Å². The molecule has 2 heterocycles. The largest absolute Gasteiger partial charge is 0.368 e. The summed E-state index contributed by atoms with van der Waals surface area (Å²) in [5.74, 6) is -3.61. The molecule has 1 fully saturated rings. The van der Waals surface area contributed by atoms with E-state index >= 15 is 0 Å². The number of benzene rings is 1. The van der Waals surface area contributed by atoms with Crippen molar-refractivity contribution in [1.29, 1.82) is 0 Å². The third-order valence-electron chi connectivity index (χ3n) is 5.50. The molecule has 3 unspecified atom stereocenters. The van der Waals surface area contributed by atoms with E-state index in [1.54, 1.807) is 26.0 Å². The number of nitrogens with two attached hydrogens (primary N) is 1. The molecule has 0 bridgehead atoms. The lowest BCUT2D eigenvalue weighted by molar-refractivity contribution is -0.136. The number of likely N-dealkylation sites (tertiary alicyclic amines) is 1. The first kappa shape index (κ1) is 26.8. The number of anilines is 1. The van der Waals surface area contributed by atoms with Crippen LogP contribution in [0.5, 0.6) is 0 Å². The lowest BCUT2D eigenvalue weighted by Gasteiger charge is -2.28. The Hall–Kier alpha value is -3.80. The van der Waals surface area contributed by atoms with Crippen LogP contribution in [0.4, 0.5) is 19.3 Å². The van der Waals surface area contributed by atoms with Crippen LogP contribution < -0.4 is 21.7 Å². The predicted molar refractivity (Wildman–Crippen MR) is 131 cm³/mol. The molecule has 1 aromatic carbocycles. The summed E-state index contributed by atoms with van der Waals surface area (Å²) in [5, 5.41) is 9.30. The molecule has 3 atom stereocenters. The van der Waals surface area contributed by atoms with Crippen LogP contribution in [0.15, 0.2) is 47.4 Å². The number of hydrogen-bond donors (Lipinski definition) is 4. The van der Waals surface area contributed by atoms with E-state index in [0.717, 1.165) is 17.0 Å². The number of amides is 5. The lowest BCUT2D eigenvalue weighted by atomic mass is 10.1. The Bertz CT molecular complexity index is 1170. The number of carbonyl (C=O) groups excluding carboxylic acids is 4. The first-order chi connectivity index (χ1) is 17.0. The molecular formula is C24H27F2N5O4S. The summed E-state index contributed by atoms with van der Waals surface area (Å²) < 4.78 is 27.1. The monoisotopic (exact) mass is 519 g/mol. The molecule has 1 aromatic heterocycles. The van der Waals surface area contributed by atoms with E-state index in [9.17, 15) is 28.0 Å². The summed E-state index contributed by atoms with van der Waals surface area (Å²) in [4.78, 5) is 52.9. The molecule has 192 valence electrons. The molecule has 1 saturated heterocycles. The number of primary amides is 1. The maximum Gasteiger partial charge on any atom is 0.319 e. The Morgan fingerprint density at radius 3 is 2.58 bits per heavy atom. The van der Waals surface area contributed by atoms with Crippen molar-refractivity contribution in [3.05, 3.63) is 63.9 Å². The second-order valence-corrected chi connectivity index (χ2v) is 9.60. The zero-order valence-electron chi connectivity index (χ0n) is 19.7. The van der Waals surface area contributed by atoms with Gasteiger partial charge < -0.3 is 26.6 Å². The van der Waals surface area contributed by atoms with Crippen LogP contribution in [0.3, 0.4) is 0 Å². The first-order valence-electron chi connectivity index (χ1n) is 11.1. The van der Waals surface area contributed by atoms with Crippen LogP contribution in [0.1, 0.15) is 25.1 Å². The molecule has 9 nitrogen and oxygen atoms in total. The van der Waals surface area contributed by atoms with Crippen LogP contribution in [0.25, 0.3) is 0 Å². The Morgan fingerprint density at radius 2 is 1.97 bits per heavy atom. The van der Waals surface area contributed by atoms with Crippen LogP contribution in [-0.4, -0.2) is 53.3 Å². The minimum atomic E-state index is -1.15. The average molecular weight is 520 g/mol. The normalized spacial score (nSPS) is 17.7. The van der Waals surface area contributed by atoms with E-state index in [-0.39, 0.29) is 25.1 Å². The maximum atomic E-state index is 13.9. The standard InChI is InChI=1S/C24H27F2N5O4S/c1-13(2)10-20(32)31-8-7-18(30-24(35)29-17-6-5-14(25)11-16(17)26)21(31)23(34)28-19(22(27)33)12-15-4-3-9-36-15/h3-6,9-11,18-19,21H,7-8,12H2,1-2H3,(H2,27,33)(H,28,34)(H2,29,30,35). The fourth-order valence-electron chi connectivity index (χ4n) is 3.87. The summed E-state index contributed by atoms with van der Waals surface area (Å²) in [5.41, 5.74) is 5.97. The van der Waals surface area contributed by atoms with E-state index < -0.39 is 53.5 Å². The molecule has 2 aromatic rings. The van der Waals surface area contributed by atoms with E-state index in [1.807, 2.05) is 5.38 Å². The minimum absolute atomic E-state index is 0.155. The Kier molecular flexibility index (Phi) is 8.75. The first-order valence-corrected chi connectivity index (χ1v) is 12.0. The van der Waals surface area contributed by atoms with Crippen LogP contribution in [0.2, 0.25) is 0 Å². The van der Waals surface area contributed by atoms with Crippen molar-refractivity contribution in [1.82, 2.24) is 15.5 Å². The minimum Gasteiger partial charge on any atom is -0.368 e. The molecule has 12 heteroatoms. The smallest absolute Gasteiger partial charge is 0.319 e. The molecule has 5 amide bonds. The number of carbonyl (C=O) groups is 4. The highest BCUT2D eigenvalue weighted by molar-refractivity contribution is 7.09. The van der Waals surface area contributed by atoms with Crippen molar-refractivity contribution in [2.45, 2.75) is 44.8 Å². The Balaban J connectivity index is 1.79. The summed E-state index contributed by atoms with van der Waals surface area (Å²) in [6.07, 6.45) is 1.77. The van der Waals surface area contributed by atoms with Gasteiger partial charge in [0.2, 0.25) is 17.7 Å². The molecule has 1 aliphatic rings. The summed E-state index contributed by atoms with van der Waals surface area (Å²) in [7, 11) is 0. The number of rotatable bonds is 8. The van der Waals surface area contributed by atoms with E-state index in [0.29, 0.717) is 11.6 Å². The number of allylic oxidation sites excluding steroid dienone is 1. The van der Waals surface area contributed by atoms with E-state index in [1.165, 1.54) is 22.3 Å². The van der Waals surface area contributed by atoms with Crippen molar-refractivity contribution < 1.29 is 28.0 Å². The molecule has 3 rings (SSSR count). The highest BCUT2D eigenvalue weighted by atomic mass is 32.1. The number of thiophene rings is 1. The number of nitrogens with zero attached hydrogens (tertiary/aromatic N) is 1. The zero-order chi connectivity index (χ0) is 26.4. The van der Waals surface area contributed by atoms with Gasteiger partial charge in [0.15, 0.2) is 0 Å². The van der Waals surface area contributed by atoms with Gasteiger partial charge in [-0.2, -0.15) is 0 Å².